The lowest BCUT2D eigenvalue weighted by Crippen LogP contribution is -2.42. The largest absolute Gasteiger partial charge is 0.490 e. The Morgan fingerprint density at radius 2 is 1.86 bits per heavy atom. The summed E-state index contributed by atoms with van der Waals surface area (Å²) in [5, 5.41) is 10.7. The van der Waals surface area contributed by atoms with E-state index in [1.54, 1.807) is 36.9 Å². The van der Waals surface area contributed by atoms with Crippen LogP contribution >= 0.6 is 0 Å². The van der Waals surface area contributed by atoms with Gasteiger partial charge in [-0.2, -0.15) is 0 Å². The number of carbonyl (C=O) groups is 1. The molecule has 9 nitrogen and oxygen atoms in total. The first kappa shape index (κ1) is 20.6. The molecule has 0 fully saturated rings. The molecule has 0 aromatic heterocycles. The summed E-state index contributed by atoms with van der Waals surface area (Å²) in [6, 6.07) is 9.27. The summed E-state index contributed by atoms with van der Waals surface area (Å²) < 4.78 is 33.5. The highest BCUT2D eigenvalue weighted by Gasteiger charge is 2.37. The Balaban J connectivity index is 1.93. The highest BCUT2D eigenvalue weighted by Crippen LogP contribution is 2.38. The number of anilines is 2. The van der Waals surface area contributed by atoms with Gasteiger partial charge in [0.1, 0.15) is 12.4 Å². The van der Waals surface area contributed by atoms with Gasteiger partial charge >= 0.3 is 0 Å². The molecule has 2 aromatic rings. The van der Waals surface area contributed by atoms with E-state index in [9.17, 15) is 23.3 Å². The molecule has 154 valence electrons. The number of sulfonamides is 1. The van der Waals surface area contributed by atoms with Crippen molar-refractivity contribution in [2.75, 3.05) is 22.8 Å². The van der Waals surface area contributed by atoms with Crippen LogP contribution in [0.15, 0.2) is 47.4 Å². The molecule has 2 aromatic carbocycles. The van der Waals surface area contributed by atoms with E-state index in [0.717, 1.165) is 24.3 Å². The molecule has 0 saturated heterocycles. The zero-order valence-electron chi connectivity index (χ0n) is 16.2. The highest BCUT2D eigenvalue weighted by molar-refractivity contribution is 7.92. The maximum Gasteiger partial charge on any atom is 0.269 e. The Labute approximate surface area is 168 Å². The number of nitrogens with one attached hydrogen (secondary N) is 1. The number of carbonyl (C=O) groups excluding carboxylic acids is 1. The second-order valence-electron chi connectivity index (χ2n) is 7.26. The van der Waals surface area contributed by atoms with Gasteiger partial charge < -0.3 is 9.64 Å². The number of fused-ring (bicyclic) bond motifs is 1. The normalized spacial score (nSPS) is 15.8. The number of nitro benzene ring substituents is 1. The Bertz CT molecular complexity index is 1060. The second-order valence-corrected chi connectivity index (χ2v) is 8.94. The lowest BCUT2D eigenvalue weighted by Gasteiger charge is -2.27. The quantitative estimate of drug-likeness (QED) is 0.587. The monoisotopic (exact) mass is 419 g/mol. The number of ether oxygens (including phenoxy) is 1. The third-order valence-corrected chi connectivity index (χ3v) is 5.99. The van der Waals surface area contributed by atoms with Crippen LogP contribution < -0.4 is 14.4 Å². The van der Waals surface area contributed by atoms with Crippen LogP contribution in [-0.2, 0) is 14.8 Å². The van der Waals surface area contributed by atoms with Crippen molar-refractivity contribution in [1.29, 1.82) is 0 Å². The number of non-ortho nitro benzene ring substituents is 1. The predicted molar refractivity (Wildman–Crippen MR) is 108 cm³/mol. The Morgan fingerprint density at radius 1 is 1.21 bits per heavy atom. The van der Waals surface area contributed by atoms with E-state index in [-0.39, 0.29) is 28.8 Å². The van der Waals surface area contributed by atoms with E-state index in [1.165, 1.54) is 0 Å². The number of hydrogen-bond acceptors (Lipinski definition) is 6. The first-order chi connectivity index (χ1) is 13.5. The van der Waals surface area contributed by atoms with Crippen LogP contribution in [0, 0.1) is 15.5 Å². The topological polar surface area (TPSA) is 119 Å². The van der Waals surface area contributed by atoms with Crippen molar-refractivity contribution in [2.24, 2.45) is 5.41 Å². The maximum atomic E-state index is 12.8. The van der Waals surface area contributed by atoms with E-state index in [1.807, 2.05) is 6.92 Å². The van der Waals surface area contributed by atoms with Crippen molar-refractivity contribution in [1.82, 2.24) is 0 Å². The van der Waals surface area contributed by atoms with Crippen molar-refractivity contribution in [3.05, 3.63) is 52.6 Å². The van der Waals surface area contributed by atoms with Crippen molar-refractivity contribution in [3.8, 4) is 5.75 Å². The van der Waals surface area contributed by atoms with Gasteiger partial charge in [-0.25, -0.2) is 8.42 Å². The zero-order valence-corrected chi connectivity index (χ0v) is 17.0. The molecule has 0 radical (unpaired) electrons. The molecule has 0 saturated carbocycles. The number of rotatable bonds is 5. The summed E-state index contributed by atoms with van der Waals surface area (Å²) in [4.78, 5) is 24.4. The number of amides is 1. The molecule has 1 aliphatic heterocycles. The Morgan fingerprint density at radius 3 is 2.45 bits per heavy atom. The molecule has 3 rings (SSSR count). The molecule has 0 bridgehead atoms. The van der Waals surface area contributed by atoms with Gasteiger partial charge in [0.15, 0.2) is 0 Å². The molecule has 1 N–H and O–H groups in total. The molecular formula is C19H21N3O6S. The van der Waals surface area contributed by atoms with Gasteiger partial charge in [0.2, 0.25) is 5.91 Å². The molecule has 0 atom stereocenters. The zero-order chi connectivity index (χ0) is 21.4. The summed E-state index contributed by atoms with van der Waals surface area (Å²) in [7, 11) is -3.97. The average molecular weight is 419 g/mol. The Kier molecular flexibility index (Phi) is 5.22. The van der Waals surface area contributed by atoms with Crippen molar-refractivity contribution < 1.29 is 22.9 Å². The lowest BCUT2D eigenvalue weighted by atomic mass is 9.93. The highest BCUT2D eigenvalue weighted by atomic mass is 32.2. The number of nitrogens with zero attached hydrogens (tertiary/aromatic N) is 2. The SMILES string of the molecule is CCN1C(=O)C(C)(C)COc2ccc(NS(=O)(=O)c3ccc([N+](=O)[O-])cc3)cc21. The van der Waals surface area contributed by atoms with Gasteiger partial charge in [-0.05, 0) is 51.1 Å². The van der Waals surface area contributed by atoms with Gasteiger partial charge in [-0.15, -0.1) is 0 Å². The smallest absolute Gasteiger partial charge is 0.269 e. The summed E-state index contributed by atoms with van der Waals surface area (Å²) in [5.74, 6) is 0.373. The molecule has 1 aliphatic rings. The minimum absolute atomic E-state index is 0.112. The van der Waals surface area contributed by atoms with Crippen LogP contribution in [0.5, 0.6) is 5.75 Å². The van der Waals surface area contributed by atoms with Crippen molar-refractivity contribution >= 4 is 33.0 Å². The van der Waals surface area contributed by atoms with E-state index >= 15 is 0 Å². The first-order valence-electron chi connectivity index (χ1n) is 8.91. The minimum atomic E-state index is -3.97. The molecule has 0 spiro atoms. The molecule has 10 heteroatoms. The van der Waals surface area contributed by atoms with Gasteiger partial charge in [0.05, 0.1) is 26.6 Å². The number of hydrogen-bond donors (Lipinski definition) is 1. The predicted octanol–water partition coefficient (Wildman–Crippen LogP) is 3.17. The standard InChI is InChI=1S/C19H21N3O6S/c1-4-21-16-11-13(5-10-17(16)28-12-19(2,3)18(21)23)20-29(26,27)15-8-6-14(7-9-15)22(24)25/h5-11,20H,4,12H2,1-3H3. The van der Waals surface area contributed by atoms with E-state index in [0.29, 0.717) is 18.0 Å². The maximum absolute atomic E-state index is 12.8. The fraction of sp³-hybridized carbons (Fsp3) is 0.316. The third-order valence-electron chi connectivity index (χ3n) is 4.59. The van der Waals surface area contributed by atoms with Gasteiger partial charge in [0, 0.05) is 18.7 Å². The number of nitro groups is 1. The minimum Gasteiger partial charge on any atom is -0.490 e. The van der Waals surface area contributed by atoms with Crippen molar-refractivity contribution in [3.63, 3.8) is 0 Å². The van der Waals surface area contributed by atoms with Gasteiger partial charge in [-0.3, -0.25) is 19.6 Å². The van der Waals surface area contributed by atoms with Crippen LogP contribution in [0.1, 0.15) is 20.8 Å². The molecule has 0 aliphatic carbocycles. The average Bonchev–Trinajstić information content (AvgIpc) is 2.76. The first-order valence-corrected chi connectivity index (χ1v) is 10.4. The van der Waals surface area contributed by atoms with Crippen LogP contribution in [0.4, 0.5) is 17.1 Å². The molecule has 29 heavy (non-hydrogen) atoms. The summed E-state index contributed by atoms with van der Waals surface area (Å²) in [6.45, 7) is 6.03. The Hall–Kier alpha value is -3.14. The van der Waals surface area contributed by atoms with Crippen LogP contribution in [0.2, 0.25) is 0 Å². The van der Waals surface area contributed by atoms with E-state index in [4.69, 9.17) is 4.74 Å². The van der Waals surface area contributed by atoms with E-state index < -0.39 is 20.4 Å². The molecular weight excluding hydrogens is 398 g/mol. The fourth-order valence-corrected chi connectivity index (χ4v) is 4.03. The second kappa shape index (κ2) is 7.36. The van der Waals surface area contributed by atoms with Crippen LogP contribution in [0.3, 0.4) is 0 Å². The van der Waals surface area contributed by atoms with Crippen LogP contribution in [0.25, 0.3) is 0 Å². The van der Waals surface area contributed by atoms with E-state index in [2.05, 4.69) is 4.72 Å². The fourth-order valence-electron chi connectivity index (χ4n) is 2.98. The molecule has 1 amide bonds. The summed E-state index contributed by atoms with van der Waals surface area (Å²) >= 11 is 0. The molecule has 1 heterocycles. The number of benzene rings is 2. The summed E-state index contributed by atoms with van der Waals surface area (Å²) in [6.07, 6.45) is 0. The third kappa shape index (κ3) is 4.02. The van der Waals surface area contributed by atoms with Crippen molar-refractivity contribution in [2.45, 2.75) is 25.7 Å². The summed E-state index contributed by atoms with van der Waals surface area (Å²) in [5.41, 5.74) is -0.192. The van der Waals surface area contributed by atoms with Gasteiger partial charge in [-0.1, -0.05) is 0 Å². The van der Waals surface area contributed by atoms with Gasteiger partial charge in [0.25, 0.3) is 15.7 Å². The van der Waals surface area contributed by atoms with Crippen LogP contribution in [-0.4, -0.2) is 32.4 Å². The lowest BCUT2D eigenvalue weighted by molar-refractivity contribution is -0.384. The molecule has 0 unspecified atom stereocenters.